The number of nitrogens with one attached hydrogen (secondary N) is 1. The van der Waals surface area contributed by atoms with E-state index < -0.39 is 9.84 Å². The van der Waals surface area contributed by atoms with Gasteiger partial charge in [0, 0.05) is 25.4 Å². The summed E-state index contributed by atoms with van der Waals surface area (Å²) in [6.07, 6.45) is 4.07. The average Bonchev–Trinajstić information content (AvgIpc) is 2.54. The second-order valence-electron chi connectivity index (χ2n) is 5.34. The third kappa shape index (κ3) is 5.49. The van der Waals surface area contributed by atoms with Gasteiger partial charge < -0.3 is 5.32 Å². The van der Waals surface area contributed by atoms with Gasteiger partial charge >= 0.3 is 0 Å². The number of amides is 1. The summed E-state index contributed by atoms with van der Waals surface area (Å²) in [4.78, 5) is 16.0. The zero-order valence-electron chi connectivity index (χ0n) is 13.0. The Balaban J connectivity index is 1.78. The van der Waals surface area contributed by atoms with Crippen LogP contribution < -0.4 is 5.32 Å². The second kappa shape index (κ2) is 7.87. The quantitative estimate of drug-likeness (QED) is 0.840. The number of benzene rings is 1. The molecule has 0 aliphatic carbocycles. The molecule has 0 spiro atoms. The molecule has 1 aromatic carbocycles. The lowest BCUT2D eigenvalue weighted by atomic mass is 10.2. The van der Waals surface area contributed by atoms with Crippen LogP contribution in [0.5, 0.6) is 0 Å². The monoisotopic (exact) mass is 332 g/mol. The lowest BCUT2D eigenvalue weighted by molar-refractivity contribution is -0.120. The molecule has 0 aliphatic heterocycles. The maximum Gasteiger partial charge on any atom is 0.221 e. The zero-order chi connectivity index (χ0) is 16.7. The van der Waals surface area contributed by atoms with E-state index in [1.165, 1.54) is 0 Å². The predicted molar refractivity (Wildman–Crippen MR) is 88.8 cm³/mol. The van der Waals surface area contributed by atoms with E-state index in [-0.39, 0.29) is 23.0 Å². The largest absolute Gasteiger partial charge is 0.356 e. The normalized spacial score (nSPS) is 11.2. The number of hydrogen-bond acceptors (Lipinski definition) is 4. The zero-order valence-corrected chi connectivity index (χ0v) is 13.8. The van der Waals surface area contributed by atoms with E-state index in [1.807, 2.05) is 19.1 Å². The Labute approximate surface area is 136 Å². The molecule has 0 aliphatic rings. The minimum atomic E-state index is -3.42. The van der Waals surface area contributed by atoms with Crippen molar-refractivity contribution >= 4 is 15.7 Å². The molecule has 0 unspecified atom stereocenters. The summed E-state index contributed by atoms with van der Waals surface area (Å²) in [5.41, 5.74) is 2.03. The fourth-order valence-corrected chi connectivity index (χ4v) is 3.31. The number of carbonyl (C=O) groups is 1. The highest BCUT2D eigenvalue weighted by Gasteiger charge is 2.16. The SMILES string of the molecule is Cc1ccc(S(=O)(=O)CCC(=O)NCCc2cccnc2)cc1. The molecule has 1 aromatic heterocycles. The topological polar surface area (TPSA) is 76.1 Å². The Hall–Kier alpha value is -2.21. The molecular formula is C17H20N2O3S. The smallest absolute Gasteiger partial charge is 0.221 e. The van der Waals surface area contributed by atoms with Crippen LogP contribution in [0.4, 0.5) is 0 Å². The maximum atomic E-state index is 12.2. The van der Waals surface area contributed by atoms with Crippen LogP contribution in [0.15, 0.2) is 53.7 Å². The molecule has 0 fully saturated rings. The molecule has 5 nitrogen and oxygen atoms in total. The third-order valence-electron chi connectivity index (χ3n) is 3.44. The molecule has 2 aromatic rings. The van der Waals surface area contributed by atoms with Crippen molar-refractivity contribution in [1.29, 1.82) is 0 Å². The standard InChI is InChI=1S/C17H20N2O3S/c1-14-4-6-16(7-5-14)23(21,22)12-9-17(20)19-11-8-15-3-2-10-18-13-15/h2-7,10,13H,8-9,11-12H2,1H3,(H,19,20). The van der Waals surface area contributed by atoms with Gasteiger partial charge in [0.15, 0.2) is 9.84 Å². The molecular weight excluding hydrogens is 312 g/mol. The Bertz CT molecular complexity index is 741. The van der Waals surface area contributed by atoms with Gasteiger partial charge in [-0.2, -0.15) is 0 Å². The summed E-state index contributed by atoms with van der Waals surface area (Å²) >= 11 is 0. The molecule has 0 radical (unpaired) electrons. The van der Waals surface area contributed by atoms with Gasteiger partial charge in [-0.15, -0.1) is 0 Å². The van der Waals surface area contributed by atoms with Crippen LogP contribution in [0, 0.1) is 6.92 Å². The van der Waals surface area contributed by atoms with E-state index in [9.17, 15) is 13.2 Å². The van der Waals surface area contributed by atoms with Crippen LogP contribution in [0.2, 0.25) is 0 Å². The number of pyridine rings is 1. The first-order chi connectivity index (χ1) is 11.0. The number of carbonyl (C=O) groups excluding carboxylic acids is 1. The van der Waals surface area contributed by atoms with Crippen LogP contribution >= 0.6 is 0 Å². The summed E-state index contributed by atoms with van der Waals surface area (Å²) in [6.45, 7) is 2.36. The fourth-order valence-electron chi connectivity index (χ4n) is 2.07. The van der Waals surface area contributed by atoms with Crippen molar-refractivity contribution in [2.45, 2.75) is 24.7 Å². The highest BCUT2D eigenvalue weighted by atomic mass is 32.2. The van der Waals surface area contributed by atoms with Crippen molar-refractivity contribution in [3.63, 3.8) is 0 Å². The summed E-state index contributed by atoms with van der Waals surface area (Å²) in [5.74, 6) is -0.445. The summed E-state index contributed by atoms with van der Waals surface area (Å²) in [6, 6.07) is 10.4. The highest BCUT2D eigenvalue weighted by molar-refractivity contribution is 7.91. The van der Waals surface area contributed by atoms with E-state index in [0.717, 1.165) is 11.1 Å². The lowest BCUT2D eigenvalue weighted by Gasteiger charge is -2.07. The van der Waals surface area contributed by atoms with Crippen LogP contribution in [0.1, 0.15) is 17.5 Å². The van der Waals surface area contributed by atoms with Crippen LogP contribution in [0.25, 0.3) is 0 Å². The molecule has 0 bridgehead atoms. The first-order valence-electron chi connectivity index (χ1n) is 7.42. The van der Waals surface area contributed by atoms with Gasteiger partial charge in [-0.05, 0) is 37.1 Å². The van der Waals surface area contributed by atoms with Gasteiger partial charge in [-0.3, -0.25) is 9.78 Å². The van der Waals surface area contributed by atoms with Gasteiger partial charge in [-0.25, -0.2) is 8.42 Å². The van der Waals surface area contributed by atoms with Crippen LogP contribution in [-0.4, -0.2) is 31.6 Å². The van der Waals surface area contributed by atoms with E-state index in [2.05, 4.69) is 10.3 Å². The van der Waals surface area contributed by atoms with Crippen molar-refractivity contribution in [2.75, 3.05) is 12.3 Å². The minimum absolute atomic E-state index is 0.0384. The molecule has 122 valence electrons. The molecule has 0 saturated carbocycles. The molecule has 23 heavy (non-hydrogen) atoms. The fraction of sp³-hybridized carbons (Fsp3) is 0.294. The van der Waals surface area contributed by atoms with Crippen molar-refractivity contribution in [3.05, 3.63) is 59.9 Å². The Morgan fingerprint density at radius 1 is 1.17 bits per heavy atom. The first kappa shape index (κ1) is 17.1. The third-order valence-corrected chi connectivity index (χ3v) is 5.17. The van der Waals surface area contributed by atoms with E-state index >= 15 is 0 Å². The van der Waals surface area contributed by atoms with Crippen molar-refractivity contribution in [3.8, 4) is 0 Å². The van der Waals surface area contributed by atoms with E-state index in [0.29, 0.717) is 13.0 Å². The minimum Gasteiger partial charge on any atom is -0.356 e. The molecule has 1 amide bonds. The maximum absolute atomic E-state index is 12.2. The van der Waals surface area contributed by atoms with Crippen molar-refractivity contribution in [1.82, 2.24) is 10.3 Å². The Morgan fingerprint density at radius 2 is 1.91 bits per heavy atom. The van der Waals surface area contributed by atoms with Gasteiger partial charge in [0.05, 0.1) is 10.6 Å². The van der Waals surface area contributed by atoms with Gasteiger partial charge in [0.1, 0.15) is 0 Å². The molecule has 1 heterocycles. The summed E-state index contributed by atoms with van der Waals surface area (Å²) in [7, 11) is -3.42. The highest BCUT2D eigenvalue weighted by Crippen LogP contribution is 2.12. The van der Waals surface area contributed by atoms with Crippen molar-refractivity contribution in [2.24, 2.45) is 0 Å². The Morgan fingerprint density at radius 3 is 2.57 bits per heavy atom. The number of nitrogens with zero attached hydrogens (tertiary/aromatic N) is 1. The number of rotatable bonds is 7. The number of sulfone groups is 1. The molecule has 0 atom stereocenters. The second-order valence-corrected chi connectivity index (χ2v) is 7.45. The molecule has 0 saturated heterocycles. The van der Waals surface area contributed by atoms with Gasteiger partial charge in [-0.1, -0.05) is 23.8 Å². The average molecular weight is 332 g/mol. The number of hydrogen-bond donors (Lipinski definition) is 1. The molecule has 2 rings (SSSR count). The lowest BCUT2D eigenvalue weighted by Crippen LogP contribution is -2.27. The van der Waals surface area contributed by atoms with Crippen molar-refractivity contribution < 1.29 is 13.2 Å². The summed E-state index contributed by atoms with van der Waals surface area (Å²) in [5, 5.41) is 2.73. The first-order valence-corrected chi connectivity index (χ1v) is 9.07. The van der Waals surface area contributed by atoms with E-state index in [4.69, 9.17) is 0 Å². The predicted octanol–water partition coefficient (Wildman–Crippen LogP) is 1.91. The molecule has 6 heteroatoms. The summed E-state index contributed by atoms with van der Waals surface area (Å²) < 4.78 is 24.3. The molecule has 1 N–H and O–H groups in total. The number of aromatic nitrogens is 1. The van der Waals surface area contributed by atoms with Crippen LogP contribution in [0.3, 0.4) is 0 Å². The van der Waals surface area contributed by atoms with E-state index in [1.54, 1.807) is 36.7 Å². The van der Waals surface area contributed by atoms with Gasteiger partial charge in [0.2, 0.25) is 5.91 Å². The van der Waals surface area contributed by atoms with Gasteiger partial charge in [0.25, 0.3) is 0 Å². The van der Waals surface area contributed by atoms with Crippen LogP contribution in [-0.2, 0) is 21.1 Å². The number of aryl methyl sites for hydroxylation is 1. The Kier molecular flexibility index (Phi) is 5.87.